The van der Waals surface area contributed by atoms with Gasteiger partial charge in [0.25, 0.3) is 0 Å². The van der Waals surface area contributed by atoms with E-state index in [0.29, 0.717) is 0 Å². The summed E-state index contributed by atoms with van der Waals surface area (Å²) < 4.78 is 59.3. The van der Waals surface area contributed by atoms with Crippen molar-refractivity contribution >= 4 is 21.5 Å². The van der Waals surface area contributed by atoms with Crippen molar-refractivity contribution < 1.29 is 25.2 Å². The van der Waals surface area contributed by atoms with Crippen LogP contribution in [-0.4, -0.2) is 17.2 Å². The monoisotopic (exact) mass is 253 g/mol. The average Bonchev–Trinajstić information content (AvgIpc) is 2.07. The molecule has 0 bridgehead atoms. The third-order valence-corrected chi connectivity index (χ3v) is 3.77. The summed E-state index contributed by atoms with van der Waals surface area (Å²) >= 11 is -3.21. The first-order valence-corrected chi connectivity index (χ1v) is 6.05. The normalized spacial score (nSPS) is 13.8. The minimum Gasteiger partial charge on any atom is -0.749 e. The Morgan fingerprint density at radius 2 is 2.07 bits per heavy atom. The van der Waals surface area contributed by atoms with E-state index < -0.39 is 32.2 Å². The minimum atomic E-state index is -4.47. The summed E-state index contributed by atoms with van der Waals surface area (Å²) in [6.07, 6.45) is 0. The van der Waals surface area contributed by atoms with Gasteiger partial charge in [0.05, 0.1) is 0 Å². The highest BCUT2D eigenvalue weighted by molar-refractivity contribution is 7.95. The molecule has 1 atom stereocenters. The third kappa shape index (κ3) is 2.81. The van der Waals surface area contributed by atoms with E-state index in [1.807, 2.05) is 0 Å². The van der Waals surface area contributed by atoms with Crippen molar-refractivity contribution in [2.24, 2.45) is 0 Å². The van der Waals surface area contributed by atoms with Crippen LogP contribution in [0.4, 0.5) is 4.39 Å². The van der Waals surface area contributed by atoms with Crippen molar-refractivity contribution in [3.63, 3.8) is 0 Å². The highest BCUT2D eigenvalue weighted by Gasteiger charge is 2.20. The molecule has 0 aliphatic rings. The van der Waals surface area contributed by atoms with E-state index in [2.05, 4.69) is 3.63 Å². The summed E-state index contributed by atoms with van der Waals surface area (Å²) in [5, 5.41) is 0. The standard InChI is InChI=1S/C7H7FO5S2/c1-5-6(8)3-2-4-7(5)15(11,12)13-14(9)10/h2-4H,1H3,(H,9,10)/p-1. The van der Waals surface area contributed by atoms with Gasteiger partial charge in [0.1, 0.15) is 22.1 Å². The maximum atomic E-state index is 13.0. The lowest BCUT2D eigenvalue weighted by Gasteiger charge is -2.08. The molecule has 0 aromatic heterocycles. The van der Waals surface area contributed by atoms with Gasteiger partial charge in [-0.1, -0.05) is 6.07 Å². The molecule has 0 N–H and O–H groups in total. The van der Waals surface area contributed by atoms with Crippen molar-refractivity contribution in [1.29, 1.82) is 0 Å². The molecule has 1 aromatic rings. The second-order valence-electron chi connectivity index (χ2n) is 2.59. The maximum Gasteiger partial charge on any atom is 0.309 e. The van der Waals surface area contributed by atoms with Gasteiger partial charge in [-0.25, -0.2) is 8.60 Å². The van der Waals surface area contributed by atoms with Crippen molar-refractivity contribution in [3.05, 3.63) is 29.6 Å². The molecule has 0 saturated carbocycles. The molecule has 0 heterocycles. The van der Waals surface area contributed by atoms with Crippen molar-refractivity contribution in [2.75, 3.05) is 0 Å². The van der Waals surface area contributed by atoms with Crippen LogP contribution in [0.3, 0.4) is 0 Å². The molecule has 1 unspecified atom stereocenters. The van der Waals surface area contributed by atoms with Crippen LogP contribution in [0.2, 0.25) is 0 Å². The molecule has 84 valence electrons. The van der Waals surface area contributed by atoms with Crippen LogP contribution < -0.4 is 0 Å². The van der Waals surface area contributed by atoms with Gasteiger partial charge in [-0.15, -0.1) is 0 Å². The smallest absolute Gasteiger partial charge is 0.309 e. The van der Waals surface area contributed by atoms with Crippen LogP contribution in [0.15, 0.2) is 23.1 Å². The van der Waals surface area contributed by atoms with E-state index in [4.69, 9.17) is 0 Å². The highest BCUT2D eigenvalue weighted by Crippen LogP contribution is 2.20. The van der Waals surface area contributed by atoms with Crippen LogP contribution in [0.1, 0.15) is 5.56 Å². The molecule has 5 nitrogen and oxygen atoms in total. The van der Waals surface area contributed by atoms with Gasteiger partial charge in [-0.05, 0) is 19.1 Å². The number of halogens is 1. The zero-order valence-corrected chi connectivity index (χ0v) is 9.10. The first-order chi connectivity index (χ1) is 6.84. The molecule has 8 heteroatoms. The van der Waals surface area contributed by atoms with Gasteiger partial charge in [0.15, 0.2) is 0 Å². The minimum absolute atomic E-state index is 0.192. The Morgan fingerprint density at radius 3 is 2.60 bits per heavy atom. The lowest BCUT2D eigenvalue weighted by atomic mass is 10.2. The molecule has 0 amide bonds. The topological polar surface area (TPSA) is 83.5 Å². The van der Waals surface area contributed by atoms with Gasteiger partial charge in [-0.3, -0.25) is 0 Å². The van der Waals surface area contributed by atoms with Gasteiger partial charge in [-0.2, -0.15) is 12.0 Å². The second kappa shape index (κ2) is 4.35. The number of hydrogen-bond acceptors (Lipinski definition) is 5. The molecule has 1 rings (SSSR count). The van der Waals surface area contributed by atoms with E-state index in [0.717, 1.165) is 18.2 Å². The fraction of sp³-hybridized carbons (Fsp3) is 0.143. The van der Waals surface area contributed by atoms with E-state index in [-0.39, 0.29) is 5.56 Å². The first-order valence-electron chi connectivity index (χ1n) is 3.64. The second-order valence-corrected chi connectivity index (χ2v) is 4.89. The van der Waals surface area contributed by atoms with E-state index in [1.54, 1.807) is 0 Å². The van der Waals surface area contributed by atoms with Gasteiger partial charge in [0, 0.05) is 5.56 Å². The molecule has 1 aromatic carbocycles. The van der Waals surface area contributed by atoms with Crippen molar-refractivity contribution in [1.82, 2.24) is 0 Å². The quantitative estimate of drug-likeness (QED) is 0.738. The molecular weight excluding hydrogens is 247 g/mol. The highest BCUT2D eigenvalue weighted by atomic mass is 32.3. The van der Waals surface area contributed by atoms with Crippen LogP contribution in [0.25, 0.3) is 0 Å². The van der Waals surface area contributed by atoms with E-state index in [1.165, 1.54) is 6.92 Å². The summed E-state index contributed by atoms with van der Waals surface area (Å²) in [5.74, 6) is -0.753. The van der Waals surface area contributed by atoms with Gasteiger partial charge >= 0.3 is 10.1 Å². The Kier molecular flexibility index (Phi) is 3.55. The van der Waals surface area contributed by atoms with Crippen molar-refractivity contribution in [3.8, 4) is 0 Å². The van der Waals surface area contributed by atoms with Crippen LogP contribution in [0, 0.1) is 12.7 Å². The van der Waals surface area contributed by atoms with E-state index in [9.17, 15) is 21.6 Å². The molecule has 0 aliphatic heterocycles. The average molecular weight is 253 g/mol. The largest absolute Gasteiger partial charge is 0.749 e. The summed E-state index contributed by atoms with van der Waals surface area (Å²) in [4.78, 5) is -0.508. The first kappa shape index (κ1) is 12.2. The Balaban J connectivity index is 3.28. The Hall–Kier alpha value is -0.830. The Morgan fingerprint density at radius 1 is 1.47 bits per heavy atom. The predicted molar refractivity (Wildman–Crippen MR) is 48.3 cm³/mol. The number of rotatable bonds is 3. The lowest BCUT2D eigenvalue weighted by Crippen LogP contribution is -2.10. The van der Waals surface area contributed by atoms with Crippen LogP contribution in [0.5, 0.6) is 0 Å². The number of benzene rings is 1. The zero-order valence-electron chi connectivity index (χ0n) is 7.47. The summed E-state index contributed by atoms with van der Waals surface area (Å²) in [5.41, 5.74) is -0.192. The van der Waals surface area contributed by atoms with Gasteiger partial charge < -0.3 is 4.55 Å². The fourth-order valence-corrected chi connectivity index (χ4v) is 2.56. The van der Waals surface area contributed by atoms with Crippen LogP contribution >= 0.6 is 0 Å². The molecule has 0 saturated heterocycles. The predicted octanol–water partition coefficient (Wildman–Crippen LogP) is 0.634. The van der Waals surface area contributed by atoms with Gasteiger partial charge in [0.2, 0.25) is 0 Å². The Labute approximate surface area is 88.5 Å². The fourth-order valence-electron chi connectivity index (χ4n) is 0.968. The zero-order chi connectivity index (χ0) is 11.6. The molecule has 15 heavy (non-hydrogen) atoms. The van der Waals surface area contributed by atoms with E-state index >= 15 is 0 Å². The summed E-state index contributed by atoms with van der Waals surface area (Å²) in [6, 6.07) is 3.26. The lowest BCUT2D eigenvalue weighted by molar-refractivity contribution is 0.428. The molecule has 0 spiro atoms. The Bertz CT molecular complexity index is 496. The van der Waals surface area contributed by atoms with Crippen molar-refractivity contribution in [2.45, 2.75) is 11.8 Å². The molecule has 0 aliphatic carbocycles. The maximum absolute atomic E-state index is 13.0. The van der Waals surface area contributed by atoms with Crippen LogP contribution in [-0.2, 0) is 25.1 Å². The summed E-state index contributed by atoms with van der Waals surface area (Å²) in [7, 11) is -4.47. The third-order valence-electron chi connectivity index (χ3n) is 1.63. The number of hydrogen-bond donors (Lipinski definition) is 0. The molecule has 0 radical (unpaired) electrons. The SMILES string of the molecule is Cc1c(F)cccc1S(=O)(=O)OS(=O)[O-]. The molecule has 0 fully saturated rings. The summed E-state index contributed by atoms with van der Waals surface area (Å²) in [6.45, 7) is 1.21. The molecular formula is C7H6FO5S2-.